The molecular weight excluding hydrogens is 344 g/mol. The lowest BCUT2D eigenvalue weighted by atomic mass is 10.2. The Bertz CT molecular complexity index is 534. The molecule has 0 bridgehead atoms. The average molecular weight is 359 g/mol. The van der Waals surface area contributed by atoms with Crippen molar-refractivity contribution in [1.82, 2.24) is 5.32 Å². The summed E-state index contributed by atoms with van der Waals surface area (Å²) in [5, 5.41) is 14.4. The highest BCUT2D eigenvalue weighted by Crippen LogP contribution is 2.21. The number of benzene rings is 1. The first kappa shape index (κ1) is 16.6. The van der Waals surface area contributed by atoms with E-state index in [1.54, 1.807) is 12.1 Å². The Morgan fingerprint density at radius 3 is 2.70 bits per heavy atom. The maximum absolute atomic E-state index is 11.5. The van der Waals surface area contributed by atoms with Gasteiger partial charge in [-0.1, -0.05) is 29.3 Å². The molecule has 0 fully saturated rings. The van der Waals surface area contributed by atoms with Crippen molar-refractivity contribution < 1.29 is 14.7 Å². The van der Waals surface area contributed by atoms with Crippen molar-refractivity contribution in [2.45, 2.75) is 26.2 Å². The Morgan fingerprint density at radius 1 is 1.40 bits per heavy atom. The van der Waals surface area contributed by atoms with Crippen LogP contribution >= 0.6 is 28.1 Å². The molecule has 0 saturated heterocycles. The predicted octanol–water partition coefficient (Wildman–Crippen LogP) is 3.15. The van der Waals surface area contributed by atoms with E-state index in [0.717, 1.165) is 12.8 Å². The van der Waals surface area contributed by atoms with Crippen LogP contribution in [0.15, 0.2) is 22.7 Å². The lowest BCUT2D eigenvalue weighted by Gasteiger charge is -2.11. The number of hydrogen-bond donors (Lipinski definition) is 3. The molecule has 5 nitrogen and oxygen atoms in total. The number of carboxylic acids is 1. The molecule has 0 atom stereocenters. The van der Waals surface area contributed by atoms with Gasteiger partial charge in [0.2, 0.25) is 5.91 Å². The smallest absolute Gasteiger partial charge is 0.337 e. The van der Waals surface area contributed by atoms with Crippen LogP contribution in [0.4, 0.5) is 5.69 Å². The zero-order valence-electron chi connectivity index (χ0n) is 10.9. The number of carbonyl (C=O) groups excluding carboxylic acids is 1. The van der Waals surface area contributed by atoms with Crippen molar-refractivity contribution in [3.05, 3.63) is 28.2 Å². The maximum Gasteiger partial charge on any atom is 0.337 e. The summed E-state index contributed by atoms with van der Waals surface area (Å²) in [7, 11) is 0. The molecule has 1 rings (SSSR count). The molecule has 7 heteroatoms. The number of aromatic carboxylic acids is 1. The van der Waals surface area contributed by atoms with Gasteiger partial charge in [0.25, 0.3) is 0 Å². The molecule has 0 spiro atoms. The third-order valence-corrected chi connectivity index (χ3v) is 3.17. The standard InChI is InChI=1S/C13H15BrN2O3S/c1-2-3-4-11(17)16-13(20)15-10-6-5-8(14)7-9(10)12(18)19/h5-7H,2-4H2,1H3,(H,18,19)(H2,15,16,17,20). The monoisotopic (exact) mass is 358 g/mol. The predicted molar refractivity (Wildman–Crippen MR) is 85.0 cm³/mol. The van der Waals surface area contributed by atoms with Gasteiger partial charge < -0.3 is 15.7 Å². The van der Waals surface area contributed by atoms with Gasteiger partial charge in [0, 0.05) is 10.9 Å². The fraction of sp³-hybridized carbons (Fsp3) is 0.308. The van der Waals surface area contributed by atoms with Crippen LogP contribution in [0.3, 0.4) is 0 Å². The van der Waals surface area contributed by atoms with E-state index in [9.17, 15) is 9.59 Å². The molecule has 0 heterocycles. The third kappa shape index (κ3) is 5.26. The van der Waals surface area contributed by atoms with Crippen LogP contribution in [0, 0.1) is 0 Å². The number of hydrogen-bond acceptors (Lipinski definition) is 3. The van der Waals surface area contributed by atoms with E-state index in [0.29, 0.717) is 16.6 Å². The molecule has 0 aromatic heterocycles. The van der Waals surface area contributed by atoms with Crippen LogP contribution in [-0.2, 0) is 4.79 Å². The highest BCUT2D eigenvalue weighted by molar-refractivity contribution is 9.10. The number of anilines is 1. The van der Waals surface area contributed by atoms with Crippen LogP contribution in [-0.4, -0.2) is 22.1 Å². The Balaban J connectivity index is 2.71. The van der Waals surface area contributed by atoms with E-state index in [-0.39, 0.29) is 16.6 Å². The number of rotatable bonds is 5. The quantitative estimate of drug-likeness (QED) is 0.704. The van der Waals surface area contributed by atoms with E-state index < -0.39 is 5.97 Å². The summed E-state index contributed by atoms with van der Waals surface area (Å²) >= 11 is 8.20. The van der Waals surface area contributed by atoms with Crippen LogP contribution in [0.5, 0.6) is 0 Å². The highest BCUT2D eigenvalue weighted by Gasteiger charge is 2.12. The molecule has 1 aromatic carbocycles. The minimum Gasteiger partial charge on any atom is -0.478 e. The van der Waals surface area contributed by atoms with Crippen molar-refractivity contribution >= 4 is 50.8 Å². The maximum atomic E-state index is 11.5. The fourth-order valence-corrected chi connectivity index (χ4v) is 2.07. The van der Waals surface area contributed by atoms with Gasteiger partial charge in [-0.05, 0) is 36.8 Å². The van der Waals surface area contributed by atoms with Crippen LogP contribution < -0.4 is 10.6 Å². The Labute approximate surface area is 130 Å². The number of unbranched alkanes of at least 4 members (excludes halogenated alkanes) is 1. The summed E-state index contributed by atoms with van der Waals surface area (Å²) < 4.78 is 0.651. The summed E-state index contributed by atoms with van der Waals surface area (Å²) in [6.07, 6.45) is 2.10. The molecule has 0 aliphatic rings. The van der Waals surface area contributed by atoms with Gasteiger partial charge in [-0.15, -0.1) is 0 Å². The minimum absolute atomic E-state index is 0.0736. The molecular formula is C13H15BrN2O3S. The zero-order chi connectivity index (χ0) is 15.1. The molecule has 1 amide bonds. The van der Waals surface area contributed by atoms with Crippen molar-refractivity contribution in [2.75, 3.05) is 5.32 Å². The van der Waals surface area contributed by atoms with E-state index in [4.69, 9.17) is 17.3 Å². The first-order valence-electron chi connectivity index (χ1n) is 6.07. The summed E-state index contributed by atoms with van der Waals surface area (Å²) in [4.78, 5) is 22.6. The van der Waals surface area contributed by atoms with Gasteiger partial charge in [0.1, 0.15) is 0 Å². The molecule has 1 aromatic rings. The van der Waals surface area contributed by atoms with E-state index >= 15 is 0 Å². The van der Waals surface area contributed by atoms with Gasteiger partial charge in [-0.2, -0.15) is 0 Å². The molecule has 0 aliphatic heterocycles. The van der Waals surface area contributed by atoms with E-state index in [2.05, 4.69) is 26.6 Å². The topological polar surface area (TPSA) is 78.4 Å². The van der Waals surface area contributed by atoms with Crippen LogP contribution in [0.2, 0.25) is 0 Å². The summed E-state index contributed by atoms with van der Waals surface area (Å²) in [5.41, 5.74) is 0.408. The number of carbonyl (C=O) groups is 2. The van der Waals surface area contributed by atoms with E-state index in [1.807, 2.05) is 6.92 Å². The second-order valence-electron chi connectivity index (χ2n) is 4.10. The molecule has 0 aliphatic carbocycles. The van der Waals surface area contributed by atoms with Gasteiger partial charge in [0.15, 0.2) is 5.11 Å². The molecule has 3 N–H and O–H groups in total. The molecule has 108 valence electrons. The summed E-state index contributed by atoms with van der Waals surface area (Å²) in [5.74, 6) is -1.26. The Morgan fingerprint density at radius 2 is 2.10 bits per heavy atom. The minimum atomic E-state index is -1.08. The molecule has 0 saturated carbocycles. The first-order valence-corrected chi connectivity index (χ1v) is 7.27. The average Bonchev–Trinajstić information content (AvgIpc) is 2.38. The fourth-order valence-electron chi connectivity index (χ4n) is 1.48. The van der Waals surface area contributed by atoms with Crippen LogP contribution in [0.25, 0.3) is 0 Å². The highest BCUT2D eigenvalue weighted by atomic mass is 79.9. The van der Waals surface area contributed by atoms with Crippen molar-refractivity contribution in [3.63, 3.8) is 0 Å². The van der Waals surface area contributed by atoms with Gasteiger partial charge in [-0.25, -0.2) is 4.79 Å². The number of nitrogens with one attached hydrogen (secondary N) is 2. The SMILES string of the molecule is CCCCC(=O)NC(=S)Nc1ccc(Br)cc1C(=O)O. The Hall–Kier alpha value is -1.47. The number of thiocarbonyl (C=S) groups is 1. The summed E-state index contributed by atoms with van der Waals surface area (Å²) in [6, 6.07) is 4.74. The third-order valence-electron chi connectivity index (χ3n) is 2.47. The zero-order valence-corrected chi connectivity index (χ0v) is 13.3. The first-order chi connectivity index (χ1) is 9.43. The second kappa shape index (κ2) is 7.96. The number of halogens is 1. The van der Waals surface area contributed by atoms with Crippen molar-refractivity contribution in [2.24, 2.45) is 0 Å². The van der Waals surface area contributed by atoms with Gasteiger partial charge in [-0.3, -0.25) is 4.79 Å². The molecule has 0 radical (unpaired) electrons. The van der Waals surface area contributed by atoms with Gasteiger partial charge in [0.05, 0.1) is 11.3 Å². The summed E-state index contributed by atoms with van der Waals surface area (Å²) in [6.45, 7) is 1.99. The second-order valence-corrected chi connectivity index (χ2v) is 5.42. The van der Waals surface area contributed by atoms with Crippen molar-refractivity contribution in [1.29, 1.82) is 0 Å². The molecule has 20 heavy (non-hydrogen) atoms. The number of amides is 1. The lowest BCUT2D eigenvalue weighted by Crippen LogP contribution is -2.34. The Kier molecular flexibility index (Phi) is 6.60. The normalized spacial score (nSPS) is 9.90. The number of carboxylic acid groups (broad SMARTS) is 1. The van der Waals surface area contributed by atoms with E-state index in [1.165, 1.54) is 6.07 Å². The molecule has 0 unspecified atom stereocenters. The van der Waals surface area contributed by atoms with Crippen molar-refractivity contribution in [3.8, 4) is 0 Å². The largest absolute Gasteiger partial charge is 0.478 e. The van der Waals surface area contributed by atoms with Gasteiger partial charge >= 0.3 is 5.97 Å². The van der Waals surface area contributed by atoms with Crippen LogP contribution in [0.1, 0.15) is 36.5 Å². The lowest BCUT2D eigenvalue weighted by molar-refractivity contribution is -0.119.